The smallest absolute Gasteiger partial charge is 0.261 e. The van der Waals surface area contributed by atoms with E-state index in [-0.39, 0.29) is 5.91 Å². The van der Waals surface area contributed by atoms with Crippen molar-refractivity contribution >= 4 is 17.2 Å². The molecule has 0 aliphatic carbocycles. The molecule has 4 rings (SSSR count). The molecule has 1 aliphatic heterocycles. The Kier molecular flexibility index (Phi) is 5.36. The average molecular weight is 381 g/mol. The molecule has 1 aliphatic rings. The van der Waals surface area contributed by atoms with Crippen LogP contribution in [0.25, 0.3) is 0 Å². The van der Waals surface area contributed by atoms with Crippen LogP contribution in [0.15, 0.2) is 55.0 Å². The Morgan fingerprint density at radius 2 is 2.07 bits per heavy atom. The number of likely N-dealkylation sites (tertiary alicyclic amines) is 1. The maximum Gasteiger partial charge on any atom is 0.261 e. The maximum absolute atomic E-state index is 11.9. The fourth-order valence-corrected chi connectivity index (χ4v) is 4.85. The standard InChI is InChI=1S/C21H24N4OS/c1-22-21(26)20-10-9-19(27-20)18-8-5-11-24(18)14-17-12-23-15-25(17)13-16-6-3-2-4-7-16/h2-4,6-7,9-10,12,15,18H,5,8,11,13-14H2,1H3,(H,22,26)/t18-/m1/s1. The quantitative estimate of drug-likeness (QED) is 0.710. The van der Waals surface area contributed by atoms with Gasteiger partial charge in [-0.25, -0.2) is 4.98 Å². The number of imidazole rings is 1. The van der Waals surface area contributed by atoms with E-state index < -0.39 is 0 Å². The predicted octanol–water partition coefficient (Wildman–Crippen LogP) is 3.69. The van der Waals surface area contributed by atoms with Crippen molar-refractivity contribution in [1.82, 2.24) is 19.8 Å². The number of carbonyl (C=O) groups is 1. The minimum absolute atomic E-state index is 0.00302. The molecule has 0 radical (unpaired) electrons. The first-order valence-electron chi connectivity index (χ1n) is 9.33. The van der Waals surface area contributed by atoms with Crippen LogP contribution in [0, 0.1) is 0 Å². The van der Waals surface area contributed by atoms with Crippen molar-refractivity contribution in [2.75, 3.05) is 13.6 Å². The molecule has 1 N–H and O–H groups in total. The van der Waals surface area contributed by atoms with Gasteiger partial charge in [0, 0.05) is 37.3 Å². The van der Waals surface area contributed by atoms with Gasteiger partial charge in [-0.1, -0.05) is 30.3 Å². The highest BCUT2D eigenvalue weighted by Crippen LogP contribution is 2.36. The van der Waals surface area contributed by atoms with E-state index >= 15 is 0 Å². The van der Waals surface area contributed by atoms with Gasteiger partial charge in [-0.05, 0) is 37.1 Å². The van der Waals surface area contributed by atoms with E-state index in [1.807, 2.05) is 24.7 Å². The summed E-state index contributed by atoms with van der Waals surface area (Å²) in [6.07, 6.45) is 6.22. The van der Waals surface area contributed by atoms with Gasteiger partial charge in [0.2, 0.25) is 0 Å². The number of thiophene rings is 1. The van der Waals surface area contributed by atoms with Crippen molar-refractivity contribution in [2.24, 2.45) is 0 Å². The Morgan fingerprint density at radius 1 is 1.22 bits per heavy atom. The third-order valence-electron chi connectivity index (χ3n) is 5.13. The lowest BCUT2D eigenvalue weighted by atomic mass is 10.2. The minimum atomic E-state index is -0.00302. The summed E-state index contributed by atoms with van der Waals surface area (Å²) < 4.78 is 2.23. The summed E-state index contributed by atoms with van der Waals surface area (Å²) in [4.78, 5) is 20.8. The van der Waals surface area contributed by atoms with E-state index in [1.165, 1.54) is 22.6 Å². The fraction of sp³-hybridized carbons (Fsp3) is 0.333. The second-order valence-electron chi connectivity index (χ2n) is 6.91. The van der Waals surface area contributed by atoms with Crippen LogP contribution in [-0.2, 0) is 13.1 Å². The van der Waals surface area contributed by atoms with Crippen LogP contribution in [0.1, 0.15) is 44.7 Å². The Labute approximate surface area is 163 Å². The zero-order chi connectivity index (χ0) is 18.6. The first-order valence-corrected chi connectivity index (χ1v) is 10.1. The van der Waals surface area contributed by atoms with Crippen molar-refractivity contribution in [3.05, 3.63) is 76.0 Å². The number of benzene rings is 1. The fourth-order valence-electron chi connectivity index (χ4n) is 3.73. The molecule has 27 heavy (non-hydrogen) atoms. The number of nitrogens with one attached hydrogen (secondary N) is 1. The summed E-state index contributed by atoms with van der Waals surface area (Å²) in [5.74, 6) is -0.00302. The molecule has 1 amide bonds. The van der Waals surface area contributed by atoms with Crippen molar-refractivity contribution in [3.63, 3.8) is 0 Å². The Morgan fingerprint density at radius 3 is 2.89 bits per heavy atom. The van der Waals surface area contributed by atoms with Gasteiger partial charge in [-0.15, -0.1) is 11.3 Å². The van der Waals surface area contributed by atoms with Crippen molar-refractivity contribution in [2.45, 2.75) is 32.0 Å². The minimum Gasteiger partial charge on any atom is -0.354 e. The molecular weight excluding hydrogens is 356 g/mol. The number of hydrogen-bond donors (Lipinski definition) is 1. The second kappa shape index (κ2) is 8.06. The van der Waals surface area contributed by atoms with E-state index in [0.717, 1.165) is 30.9 Å². The molecule has 3 heterocycles. The number of carbonyl (C=O) groups excluding carboxylic acids is 1. The third kappa shape index (κ3) is 3.96. The number of nitrogens with zero attached hydrogens (tertiary/aromatic N) is 3. The van der Waals surface area contributed by atoms with Gasteiger partial charge in [0.25, 0.3) is 5.91 Å². The summed E-state index contributed by atoms with van der Waals surface area (Å²) in [6.45, 7) is 2.80. The molecule has 3 aromatic rings. The maximum atomic E-state index is 11.9. The summed E-state index contributed by atoms with van der Waals surface area (Å²) in [6, 6.07) is 14.9. The largest absolute Gasteiger partial charge is 0.354 e. The molecule has 5 nitrogen and oxygen atoms in total. The van der Waals surface area contributed by atoms with E-state index in [0.29, 0.717) is 6.04 Å². The van der Waals surface area contributed by atoms with Gasteiger partial charge in [0.1, 0.15) is 0 Å². The highest BCUT2D eigenvalue weighted by atomic mass is 32.1. The van der Waals surface area contributed by atoms with Gasteiger partial charge < -0.3 is 9.88 Å². The molecular formula is C21H24N4OS. The van der Waals surface area contributed by atoms with Gasteiger partial charge in [0.05, 0.1) is 16.9 Å². The lowest BCUT2D eigenvalue weighted by molar-refractivity contribution is 0.0967. The molecule has 140 valence electrons. The highest BCUT2D eigenvalue weighted by molar-refractivity contribution is 7.14. The van der Waals surface area contributed by atoms with Gasteiger partial charge in [-0.2, -0.15) is 0 Å². The van der Waals surface area contributed by atoms with E-state index in [9.17, 15) is 4.79 Å². The van der Waals surface area contributed by atoms with Gasteiger partial charge >= 0.3 is 0 Å². The van der Waals surface area contributed by atoms with Crippen LogP contribution in [0.5, 0.6) is 0 Å². The summed E-state index contributed by atoms with van der Waals surface area (Å²) in [5.41, 5.74) is 2.51. The highest BCUT2D eigenvalue weighted by Gasteiger charge is 2.28. The van der Waals surface area contributed by atoms with E-state index in [4.69, 9.17) is 0 Å². The first-order chi connectivity index (χ1) is 13.2. The molecule has 1 fully saturated rings. The van der Waals surface area contributed by atoms with E-state index in [1.54, 1.807) is 18.4 Å². The normalized spacial score (nSPS) is 17.3. The van der Waals surface area contributed by atoms with Gasteiger partial charge in [0.15, 0.2) is 0 Å². The van der Waals surface area contributed by atoms with Crippen LogP contribution >= 0.6 is 11.3 Å². The van der Waals surface area contributed by atoms with Crippen LogP contribution in [0.4, 0.5) is 0 Å². The van der Waals surface area contributed by atoms with Crippen molar-refractivity contribution < 1.29 is 4.79 Å². The predicted molar refractivity (Wildman–Crippen MR) is 108 cm³/mol. The molecule has 6 heteroatoms. The molecule has 1 atom stereocenters. The van der Waals surface area contributed by atoms with Crippen LogP contribution in [0.3, 0.4) is 0 Å². The molecule has 2 aromatic heterocycles. The van der Waals surface area contributed by atoms with Gasteiger partial charge in [-0.3, -0.25) is 9.69 Å². The molecule has 1 aromatic carbocycles. The monoisotopic (exact) mass is 380 g/mol. The molecule has 0 spiro atoms. The second-order valence-corrected chi connectivity index (χ2v) is 8.02. The number of hydrogen-bond acceptors (Lipinski definition) is 4. The molecule has 0 saturated carbocycles. The van der Waals surface area contributed by atoms with Crippen molar-refractivity contribution in [3.8, 4) is 0 Å². The van der Waals surface area contributed by atoms with E-state index in [2.05, 4.69) is 50.1 Å². The third-order valence-corrected chi connectivity index (χ3v) is 6.31. The SMILES string of the molecule is CNC(=O)c1ccc([C@H]2CCCN2Cc2cncn2Cc2ccccc2)s1. The van der Waals surface area contributed by atoms with Crippen LogP contribution in [0.2, 0.25) is 0 Å². The number of rotatable bonds is 6. The lowest BCUT2D eigenvalue weighted by Crippen LogP contribution is -2.23. The lowest BCUT2D eigenvalue weighted by Gasteiger charge is -2.24. The summed E-state index contributed by atoms with van der Waals surface area (Å²) in [7, 11) is 1.68. The Bertz CT molecular complexity index is 902. The molecule has 0 unspecified atom stereocenters. The average Bonchev–Trinajstić information content (AvgIpc) is 3.44. The molecule has 0 bridgehead atoms. The zero-order valence-corrected chi connectivity index (χ0v) is 16.3. The van der Waals surface area contributed by atoms with Crippen LogP contribution < -0.4 is 5.32 Å². The zero-order valence-electron chi connectivity index (χ0n) is 15.5. The summed E-state index contributed by atoms with van der Waals surface area (Å²) >= 11 is 1.61. The van der Waals surface area contributed by atoms with Crippen LogP contribution in [-0.4, -0.2) is 34.0 Å². The topological polar surface area (TPSA) is 50.2 Å². The first kappa shape index (κ1) is 17.9. The van der Waals surface area contributed by atoms with Crippen molar-refractivity contribution in [1.29, 1.82) is 0 Å². The Hall–Kier alpha value is -2.44. The number of amides is 1. The Balaban J connectivity index is 1.48. The number of aromatic nitrogens is 2. The summed E-state index contributed by atoms with van der Waals surface area (Å²) in [5, 5.41) is 2.71. The molecule has 1 saturated heterocycles.